The first-order valence-electron chi connectivity index (χ1n) is 3.67. The molecule has 1 aromatic carbocycles. The van der Waals surface area contributed by atoms with Crippen LogP contribution in [0.2, 0.25) is 0 Å². The Morgan fingerprint density at radius 2 is 1.60 bits per heavy atom. The first-order valence-corrected chi connectivity index (χ1v) is 5.94. The van der Waals surface area contributed by atoms with Gasteiger partial charge < -0.3 is 5.11 Å². The zero-order valence-electron chi connectivity index (χ0n) is 7.71. The molecular weight excluding hydrogens is 244 g/mol. The number of hydrogen-bond acceptors (Lipinski definition) is 3. The second kappa shape index (κ2) is 5.69. The largest absolute Gasteiger partial charge is 0.478 e. The highest BCUT2D eigenvalue weighted by Crippen LogP contribution is 2.01. The number of hydrogen-bond donors (Lipinski definition) is 2. The van der Waals surface area contributed by atoms with Crippen molar-refractivity contribution >= 4 is 26.0 Å². The minimum Gasteiger partial charge on any atom is -0.478 e. The molecule has 84 valence electrons. The fourth-order valence-electron chi connectivity index (χ4n) is 0.696. The standard InChI is InChI=1S/C8H8O2.ClHO3S/c1-6-2-4-7(5-3-6)8(9)10;1-5(2,3)4/h2-5H,1H3,(H,9,10);(H,2,3,4). The summed E-state index contributed by atoms with van der Waals surface area (Å²) in [6.45, 7) is 1.92. The van der Waals surface area contributed by atoms with Crippen molar-refractivity contribution in [2.75, 3.05) is 0 Å². The molecular formula is C8H9ClO5S. The lowest BCUT2D eigenvalue weighted by Gasteiger charge is -1.92. The molecule has 0 unspecified atom stereocenters. The van der Waals surface area contributed by atoms with Crippen LogP contribution in [0.25, 0.3) is 0 Å². The molecule has 0 aromatic heterocycles. The van der Waals surface area contributed by atoms with Crippen LogP contribution in [0.15, 0.2) is 24.3 Å². The molecule has 0 atom stereocenters. The first-order chi connectivity index (χ1) is 6.70. The summed E-state index contributed by atoms with van der Waals surface area (Å²) >= 11 is 0. The SMILES string of the molecule is Cc1ccc(C(=O)O)cc1.O=S(=O)(O)Cl. The quantitative estimate of drug-likeness (QED) is 0.587. The van der Waals surface area contributed by atoms with E-state index in [0.29, 0.717) is 5.56 Å². The number of rotatable bonds is 1. The Labute approximate surface area is 91.6 Å². The van der Waals surface area contributed by atoms with Gasteiger partial charge in [0.1, 0.15) is 0 Å². The Bertz CT molecular complexity index is 415. The molecule has 0 bridgehead atoms. The van der Waals surface area contributed by atoms with Crippen molar-refractivity contribution in [3.63, 3.8) is 0 Å². The fraction of sp³-hybridized carbons (Fsp3) is 0.125. The fourth-order valence-corrected chi connectivity index (χ4v) is 0.696. The molecule has 0 radical (unpaired) electrons. The molecule has 0 aliphatic rings. The predicted octanol–water partition coefficient (Wildman–Crippen LogP) is 1.72. The number of carbonyl (C=O) groups is 1. The van der Waals surface area contributed by atoms with E-state index in [4.69, 9.17) is 18.1 Å². The molecule has 5 nitrogen and oxygen atoms in total. The van der Waals surface area contributed by atoms with Gasteiger partial charge in [0.05, 0.1) is 5.56 Å². The topological polar surface area (TPSA) is 91.7 Å². The number of aromatic carboxylic acids is 1. The highest BCUT2D eigenvalue weighted by Gasteiger charge is 1.98. The van der Waals surface area contributed by atoms with Gasteiger partial charge in [-0.3, -0.25) is 4.55 Å². The van der Waals surface area contributed by atoms with Crippen LogP contribution in [0.1, 0.15) is 15.9 Å². The van der Waals surface area contributed by atoms with E-state index in [-0.39, 0.29) is 0 Å². The number of aryl methyl sites for hydroxylation is 1. The molecule has 1 aromatic rings. The molecule has 0 aliphatic carbocycles. The third kappa shape index (κ3) is 9.20. The van der Waals surface area contributed by atoms with Gasteiger partial charge in [0.2, 0.25) is 0 Å². The predicted molar refractivity (Wildman–Crippen MR) is 55.5 cm³/mol. The molecule has 0 aliphatic heterocycles. The highest BCUT2D eigenvalue weighted by atomic mass is 35.7. The van der Waals surface area contributed by atoms with Crippen LogP contribution in [0, 0.1) is 6.92 Å². The summed E-state index contributed by atoms with van der Waals surface area (Å²) in [6, 6.07) is 6.75. The van der Waals surface area contributed by atoms with E-state index in [9.17, 15) is 4.79 Å². The van der Waals surface area contributed by atoms with Gasteiger partial charge in [0, 0.05) is 10.7 Å². The summed E-state index contributed by atoms with van der Waals surface area (Å²) in [6.07, 6.45) is 0. The molecule has 1 rings (SSSR count). The van der Waals surface area contributed by atoms with Gasteiger partial charge in [-0.25, -0.2) is 4.79 Å². The lowest BCUT2D eigenvalue weighted by atomic mass is 10.2. The molecule has 0 fully saturated rings. The lowest BCUT2D eigenvalue weighted by molar-refractivity contribution is 0.0697. The van der Waals surface area contributed by atoms with Crippen molar-refractivity contribution < 1.29 is 22.9 Å². The van der Waals surface area contributed by atoms with E-state index in [1.165, 1.54) is 0 Å². The average molecular weight is 253 g/mol. The van der Waals surface area contributed by atoms with Gasteiger partial charge in [0.15, 0.2) is 0 Å². The Morgan fingerprint density at radius 3 is 1.87 bits per heavy atom. The van der Waals surface area contributed by atoms with Crippen molar-refractivity contribution in [1.29, 1.82) is 0 Å². The van der Waals surface area contributed by atoms with Crippen molar-refractivity contribution in [1.82, 2.24) is 0 Å². The highest BCUT2D eigenvalue weighted by molar-refractivity contribution is 8.09. The van der Waals surface area contributed by atoms with Crippen molar-refractivity contribution in [3.05, 3.63) is 35.4 Å². The van der Waals surface area contributed by atoms with Crippen LogP contribution in [0.5, 0.6) is 0 Å². The van der Waals surface area contributed by atoms with Crippen LogP contribution >= 0.6 is 10.7 Å². The van der Waals surface area contributed by atoms with Crippen LogP contribution in [-0.4, -0.2) is 24.0 Å². The Morgan fingerprint density at radius 1 is 1.27 bits per heavy atom. The monoisotopic (exact) mass is 252 g/mol. The van der Waals surface area contributed by atoms with Gasteiger partial charge in [-0.05, 0) is 19.1 Å². The second-order valence-corrected chi connectivity index (χ2v) is 4.58. The molecule has 0 spiro atoms. The van der Waals surface area contributed by atoms with Crippen LogP contribution in [0.4, 0.5) is 0 Å². The molecule has 0 heterocycles. The van der Waals surface area contributed by atoms with Crippen molar-refractivity contribution in [2.24, 2.45) is 0 Å². The number of carboxylic acid groups (broad SMARTS) is 1. The van der Waals surface area contributed by atoms with Crippen molar-refractivity contribution in [3.8, 4) is 0 Å². The third-order valence-electron chi connectivity index (χ3n) is 1.30. The normalized spacial score (nSPS) is 10.1. The molecule has 0 saturated heterocycles. The summed E-state index contributed by atoms with van der Waals surface area (Å²) < 4.78 is 25.2. The first kappa shape index (κ1) is 13.9. The number of benzene rings is 1. The van der Waals surface area contributed by atoms with Gasteiger partial charge in [0.25, 0.3) is 0 Å². The van der Waals surface area contributed by atoms with E-state index in [2.05, 4.69) is 10.7 Å². The average Bonchev–Trinajstić information content (AvgIpc) is 2.01. The maximum absolute atomic E-state index is 10.3. The smallest absolute Gasteiger partial charge is 0.353 e. The van der Waals surface area contributed by atoms with Gasteiger partial charge in [-0.1, -0.05) is 17.7 Å². The van der Waals surface area contributed by atoms with Gasteiger partial charge in [-0.15, -0.1) is 0 Å². The maximum Gasteiger partial charge on any atom is 0.353 e. The van der Waals surface area contributed by atoms with Crippen LogP contribution < -0.4 is 0 Å². The van der Waals surface area contributed by atoms with E-state index < -0.39 is 15.3 Å². The van der Waals surface area contributed by atoms with Gasteiger partial charge in [-0.2, -0.15) is 8.42 Å². The Kier molecular flexibility index (Phi) is 5.27. The minimum atomic E-state index is -4.19. The molecule has 0 amide bonds. The Balaban J connectivity index is 0.000000336. The summed E-state index contributed by atoms with van der Waals surface area (Å²) in [7, 11) is -0.137. The van der Waals surface area contributed by atoms with E-state index >= 15 is 0 Å². The van der Waals surface area contributed by atoms with Crippen LogP contribution in [0.3, 0.4) is 0 Å². The zero-order valence-corrected chi connectivity index (χ0v) is 9.29. The summed E-state index contributed by atoms with van der Waals surface area (Å²) in [5.74, 6) is -0.875. The summed E-state index contributed by atoms with van der Waals surface area (Å²) in [5, 5.41) is 8.48. The second-order valence-electron chi connectivity index (χ2n) is 2.58. The maximum atomic E-state index is 10.3. The number of halogens is 1. The zero-order chi connectivity index (χ0) is 12.1. The summed E-state index contributed by atoms with van der Waals surface area (Å²) in [4.78, 5) is 10.3. The molecule has 0 saturated carbocycles. The minimum absolute atomic E-state index is 0.339. The number of carboxylic acids is 1. The summed E-state index contributed by atoms with van der Waals surface area (Å²) in [5.41, 5.74) is 1.41. The molecule has 7 heteroatoms. The third-order valence-corrected chi connectivity index (χ3v) is 1.30. The van der Waals surface area contributed by atoms with Crippen LogP contribution in [-0.2, 0) is 9.33 Å². The van der Waals surface area contributed by atoms with Gasteiger partial charge >= 0.3 is 15.3 Å². The molecule has 15 heavy (non-hydrogen) atoms. The van der Waals surface area contributed by atoms with Crippen molar-refractivity contribution in [2.45, 2.75) is 6.92 Å². The van der Waals surface area contributed by atoms with E-state index in [1.807, 2.05) is 6.92 Å². The van der Waals surface area contributed by atoms with E-state index in [0.717, 1.165) is 5.56 Å². The Hall–Kier alpha value is -1.11. The lowest BCUT2D eigenvalue weighted by Crippen LogP contribution is -1.94. The van der Waals surface area contributed by atoms with E-state index in [1.54, 1.807) is 24.3 Å². The molecule has 2 N–H and O–H groups in total.